The van der Waals surface area contributed by atoms with Crippen molar-refractivity contribution in [1.29, 1.82) is 0 Å². The first-order valence-corrected chi connectivity index (χ1v) is 7.61. The number of nitrogens with two attached hydrogens (primary N) is 1. The lowest BCUT2D eigenvalue weighted by Crippen LogP contribution is -2.19. The second-order valence-electron chi connectivity index (χ2n) is 5.28. The van der Waals surface area contributed by atoms with Crippen molar-refractivity contribution in [2.45, 2.75) is 13.5 Å². The third-order valence-electron chi connectivity index (χ3n) is 3.81. The van der Waals surface area contributed by atoms with Crippen LogP contribution in [-0.4, -0.2) is 34.8 Å². The van der Waals surface area contributed by atoms with E-state index in [1.54, 1.807) is 16.9 Å². The Balaban J connectivity index is 2.06. The number of pyridine rings is 1. The van der Waals surface area contributed by atoms with Crippen molar-refractivity contribution in [3.8, 4) is 5.75 Å². The minimum atomic E-state index is -2.63. The van der Waals surface area contributed by atoms with Gasteiger partial charge in [0.25, 0.3) is 5.91 Å². The molecule has 3 aromatic rings. The van der Waals surface area contributed by atoms with E-state index in [1.807, 2.05) is 18.3 Å². The van der Waals surface area contributed by atoms with E-state index in [2.05, 4.69) is 15.4 Å². The molecule has 0 bridgehead atoms. The fraction of sp³-hybridized carbons (Fsp3) is 0.235. The van der Waals surface area contributed by atoms with Crippen LogP contribution in [0.1, 0.15) is 21.4 Å². The molecule has 0 saturated carbocycles. The van der Waals surface area contributed by atoms with Gasteiger partial charge in [0.1, 0.15) is 11.3 Å². The standard InChI is InChI=1S/C17H20N6O2/c1-4-23-15-10(8-21-23)5-6-12(16(15)25-3)22-13-7-14(18)20-9-11(13)17(24)19-2/h5-9H,4H2,1-3H3,(H,19,24)(H3,18,20,22)/i2D3. The van der Waals surface area contributed by atoms with E-state index in [0.29, 0.717) is 23.7 Å². The summed E-state index contributed by atoms with van der Waals surface area (Å²) < 4.78 is 29.1. The Kier molecular flexibility index (Phi) is 3.49. The number of benzene rings is 1. The highest BCUT2D eigenvalue weighted by atomic mass is 16.5. The predicted molar refractivity (Wildman–Crippen MR) is 97.3 cm³/mol. The van der Waals surface area contributed by atoms with Gasteiger partial charge in [-0.25, -0.2) is 4.98 Å². The number of methoxy groups -OCH3 is 1. The molecular weight excluding hydrogens is 320 g/mol. The number of aromatic nitrogens is 3. The van der Waals surface area contributed by atoms with Crippen molar-refractivity contribution in [3.63, 3.8) is 0 Å². The zero-order chi connectivity index (χ0) is 20.5. The summed E-state index contributed by atoms with van der Waals surface area (Å²) >= 11 is 0. The topological polar surface area (TPSA) is 107 Å². The first-order valence-electron chi connectivity index (χ1n) is 9.11. The molecule has 4 N–H and O–H groups in total. The zero-order valence-corrected chi connectivity index (χ0v) is 13.8. The smallest absolute Gasteiger partial charge is 0.254 e. The van der Waals surface area contributed by atoms with Gasteiger partial charge in [-0.15, -0.1) is 0 Å². The second-order valence-corrected chi connectivity index (χ2v) is 5.28. The first-order chi connectivity index (χ1) is 13.2. The number of amides is 1. The van der Waals surface area contributed by atoms with Crippen LogP contribution in [0.25, 0.3) is 10.9 Å². The number of hydrogen-bond acceptors (Lipinski definition) is 6. The lowest BCUT2D eigenvalue weighted by atomic mass is 10.1. The summed E-state index contributed by atoms with van der Waals surface area (Å²) in [4.78, 5) is 16.3. The molecule has 0 saturated heterocycles. The second kappa shape index (κ2) is 6.68. The van der Waals surface area contributed by atoms with Crippen molar-refractivity contribution in [2.24, 2.45) is 0 Å². The van der Waals surface area contributed by atoms with Crippen LogP contribution in [0.4, 0.5) is 17.2 Å². The number of ether oxygens (including phenoxy) is 1. The van der Waals surface area contributed by atoms with Gasteiger partial charge in [0, 0.05) is 35.3 Å². The number of nitrogen functional groups attached to an aromatic ring is 1. The van der Waals surface area contributed by atoms with E-state index in [4.69, 9.17) is 14.6 Å². The van der Waals surface area contributed by atoms with Crippen LogP contribution >= 0.6 is 0 Å². The normalized spacial score (nSPS) is 13.0. The van der Waals surface area contributed by atoms with Crippen LogP contribution in [0.15, 0.2) is 30.6 Å². The Bertz CT molecular complexity index is 1030. The van der Waals surface area contributed by atoms with Crippen molar-refractivity contribution in [2.75, 3.05) is 25.1 Å². The third kappa shape index (κ3) is 2.93. The van der Waals surface area contributed by atoms with Gasteiger partial charge in [-0.2, -0.15) is 5.10 Å². The fourth-order valence-electron chi connectivity index (χ4n) is 2.66. The van der Waals surface area contributed by atoms with Gasteiger partial charge >= 0.3 is 0 Å². The molecule has 0 unspecified atom stereocenters. The molecule has 3 rings (SSSR count). The van der Waals surface area contributed by atoms with E-state index >= 15 is 0 Å². The summed E-state index contributed by atoms with van der Waals surface area (Å²) in [6, 6.07) is 5.10. The Morgan fingerprint density at radius 1 is 1.40 bits per heavy atom. The molecular formula is C17H20N6O2. The predicted octanol–water partition coefficient (Wildman–Crippen LogP) is 2.15. The van der Waals surface area contributed by atoms with Gasteiger partial charge < -0.3 is 21.1 Å². The SMILES string of the molecule is [2H]C([2H])([2H])NC(=O)c1cnc(N)cc1Nc1ccc2cnn(CC)c2c1OC. The monoisotopic (exact) mass is 343 g/mol. The molecule has 0 aliphatic heterocycles. The van der Waals surface area contributed by atoms with Crippen LogP contribution in [0.3, 0.4) is 0 Å². The lowest BCUT2D eigenvalue weighted by Gasteiger charge is -2.15. The number of carbonyl (C=O) groups excluding carboxylic acids is 1. The molecule has 8 nitrogen and oxygen atoms in total. The number of nitrogens with zero attached hydrogens (tertiary/aromatic N) is 3. The molecule has 25 heavy (non-hydrogen) atoms. The Morgan fingerprint density at radius 2 is 2.24 bits per heavy atom. The number of rotatable bonds is 5. The van der Waals surface area contributed by atoms with E-state index < -0.39 is 12.9 Å². The largest absolute Gasteiger partial charge is 0.492 e. The maximum absolute atomic E-state index is 12.4. The third-order valence-corrected chi connectivity index (χ3v) is 3.81. The average Bonchev–Trinajstić information content (AvgIpc) is 3.03. The molecule has 0 atom stereocenters. The quantitative estimate of drug-likeness (QED) is 0.655. The average molecular weight is 343 g/mol. The summed E-state index contributed by atoms with van der Waals surface area (Å²) in [5.74, 6) is -0.0883. The maximum atomic E-state index is 12.4. The van der Waals surface area contributed by atoms with Crippen molar-refractivity contribution >= 4 is 34.0 Å². The number of fused-ring (bicyclic) bond motifs is 1. The molecule has 130 valence electrons. The van der Waals surface area contributed by atoms with E-state index in [0.717, 1.165) is 10.9 Å². The molecule has 0 spiro atoms. The minimum absolute atomic E-state index is 0.0384. The Morgan fingerprint density at radius 3 is 2.96 bits per heavy atom. The summed E-state index contributed by atoms with van der Waals surface area (Å²) in [5.41, 5.74) is 7.46. The van der Waals surface area contributed by atoms with Crippen LogP contribution < -0.4 is 21.1 Å². The van der Waals surface area contributed by atoms with Gasteiger partial charge in [0.2, 0.25) is 0 Å². The van der Waals surface area contributed by atoms with Gasteiger partial charge in [-0.3, -0.25) is 9.48 Å². The van der Waals surface area contributed by atoms with E-state index in [9.17, 15) is 4.79 Å². The molecule has 0 aliphatic carbocycles. The highest BCUT2D eigenvalue weighted by Crippen LogP contribution is 2.36. The molecule has 0 fully saturated rings. The number of hydrogen-bond donors (Lipinski definition) is 3. The molecule has 8 heteroatoms. The van der Waals surface area contributed by atoms with Gasteiger partial charge in [0.15, 0.2) is 5.75 Å². The number of nitrogens with one attached hydrogen (secondary N) is 2. The molecule has 2 aromatic heterocycles. The summed E-state index contributed by atoms with van der Waals surface area (Å²) in [5, 5.41) is 10.3. The van der Waals surface area contributed by atoms with E-state index in [-0.39, 0.29) is 11.4 Å². The van der Waals surface area contributed by atoms with Crippen molar-refractivity contribution in [3.05, 3.63) is 36.2 Å². The van der Waals surface area contributed by atoms with Gasteiger partial charge in [0.05, 0.1) is 30.2 Å². The van der Waals surface area contributed by atoms with Gasteiger partial charge in [-0.05, 0) is 19.1 Å². The van der Waals surface area contributed by atoms with Crippen molar-refractivity contribution in [1.82, 2.24) is 20.1 Å². The zero-order valence-electron chi connectivity index (χ0n) is 16.8. The molecule has 0 aliphatic rings. The van der Waals surface area contributed by atoms with E-state index in [1.165, 1.54) is 19.4 Å². The van der Waals surface area contributed by atoms with Crippen molar-refractivity contribution < 1.29 is 13.6 Å². The number of carbonyl (C=O) groups is 1. The van der Waals surface area contributed by atoms with Crippen LogP contribution in [-0.2, 0) is 6.54 Å². The summed E-state index contributed by atoms with van der Waals surface area (Å²) in [7, 11) is 1.54. The van der Waals surface area contributed by atoms with Crippen LogP contribution in [0.2, 0.25) is 0 Å². The minimum Gasteiger partial charge on any atom is -0.492 e. The Labute approximate surface area is 149 Å². The highest BCUT2D eigenvalue weighted by molar-refractivity contribution is 6.01. The summed E-state index contributed by atoms with van der Waals surface area (Å²) in [6.07, 6.45) is 2.96. The number of anilines is 3. The maximum Gasteiger partial charge on any atom is 0.254 e. The molecule has 2 heterocycles. The highest BCUT2D eigenvalue weighted by Gasteiger charge is 2.16. The van der Waals surface area contributed by atoms with Crippen LogP contribution in [0.5, 0.6) is 5.75 Å². The molecule has 1 amide bonds. The molecule has 0 radical (unpaired) electrons. The van der Waals surface area contributed by atoms with Gasteiger partial charge in [-0.1, -0.05) is 0 Å². The first kappa shape index (κ1) is 13.1. The number of aryl methyl sites for hydroxylation is 1. The summed E-state index contributed by atoms with van der Waals surface area (Å²) in [6.45, 7) is -0.00940. The Hall–Kier alpha value is -3.29. The fourth-order valence-corrected chi connectivity index (χ4v) is 2.66. The van der Waals surface area contributed by atoms with Crippen LogP contribution in [0, 0.1) is 0 Å². The lowest BCUT2D eigenvalue weighted by molar-refractivity contribution is 0.0963. The molecule has 1 aromatic carbocycles.